The molecule has 2 heterocycles. The number of pyridine rings is 1. The summed E-state index contributed by atoms with van der Waals surface area (Å²) in [7, 11) is -3.28. The highest BCUT2D eigenvalue weighted by molar-refractivity contribution is 9.09. The van der Waals surface area contributed by atoms with E-state index in [2.05, 4.69) is 27.0 Å². The molecule has 1 aromatic rings. The van der Waals surface area contributed by atoms with E-state index in [-0.39, 0.29) is 0 Å². The fourth-order valence-electron chi connectivity index (χ4n) is 2.62. The van der Waals surface area contributed by atoms with Crippen LogP contribution < -0.4 is 4.74 Å². The van der Waals surface area contributed by atoms with Gasteiger partial charge in [-0.3, -0.25) is 0 Å². The van der Waals surface area contributed by atoms with Crippen LogP contribution in [0.3, 0.4) is 0 Å². The molecule has 0 aromatic carbocycles. The summed E-state index contributed by atoms with van der Waals surface area (Å²) in [6.45, 7) is 0. The molecule has 6 heteroatoms. The number of aromatic nitrogens is 1. The van der Waals surface area contributed by atoms with Crippen molar-refractivity contribution in [3.8, 4) is 5.88 Å². The third-order valence-electron chi connectivity index (χ3n) is 3.66. The number of nitrogens with zero attached hydrogens (tertiary/aromatic N) is 1. The van der Waals surface area contributed by atoms with Gasteiger partial charge in [-0.15, -0.1) is 0 Å². The minimum Gasteiger partial charge on any atom is -0.438 e. The van der Waals surface area contributed by atoms with Crippen LogP contribution in [0.5, 0.6) is 5.88 Å². The van der Waals surface area contributed by atoms with Crippen molar-refractivity contribution in [3.63, 3.8) is 0 Å². The van der Waals surface area contributed by atoms with Crippen LogP contribution in [0.1, 0.15) is 12.0 Å². The van der Waals surface area contributed by atoms with E-state index in [1.54, 1.807) is 24.4 Å². The van der Waals surface area contributed by atoms with E-state index in [1.807, 2.05) is 18.2 Å². The smallest absolute Gasteiger partial charge is 0.227 e. The van der Waals surface area contributed by atoms with E-state index in [1.165, 1.54) is 6.26 Å². The molecule has 23 heavy (non-hydrogen) atoms. The molecule has 0 spiro atoms. The summed E-state index contributed by atoms with van der Waals surface area (Å²) in [6.07, 6.45) is 12.9. The summed E-state index contributed by atoms with van der Waals surface area (Å²) in [4.78, 5) is 4.29. The van der Waals surface area contributed by atoms with Crippen LogP contribution in [-0.2, 0) is 9.84 Å². The van der Waals surface area contributed by atoms with Crippen molar-refractivity contribution in [3.05, 3.63) is 65.6 Å². The van der Waals surface area contributed by atoms with Gasteiger partial charge in [0, 0.05) is 28.9 Å². The Labute approximate surface area is 144 Å². The Morgan fingerprint density at radius 3 is 3.00 bits per heavy atom. The van der Waals surface area contributed by atoms with Gasteiger partial charge in [-0.05, 0) is 36.3 Å². The third-order valence-corrected chi connectivity index (χ3v) is 5.45. The first kappa shape index (κ1) is 16.2. The molecule has 0 fully saturated rings. The molecular formula is C17H16BrNO3S. The summed E-state index contributed by atoms with van der Waals surface area (Å²) in [5, 5.41) is 0.123. The molecule has 0 saturated heterocycles. The van der Waals surface area contributed by atoms with E-state index in [0.717, 1.165) is 22.9 Å². The van der Waals surface area contributed by atoms with E-state index >= 15 is 0 Å². The molecule has 1 unspecified atom stereocenters. The summed E-state index contributed by atoms with van der Waals surface area (Å²) >= 11 is 3.42. The number of alkyl halides is 1. The van der Waals surface area contributed by atoms with Crippen LogP contribution >= 0.6 is 15.9 Å². The third kappa shape index (κ3) is 3.33. The first-order chi connectivity index (χ1) is 11.0. The van der Waals surface area contributed by atoms with Gasteiger partial charge in [0.05, 0.1) is 0 Å². The van der Waals surface area contributed by atoms with Crippen molar-refractivity contribution >= 4 is 31.3 Å². The Morgan fingerprint density at radius 1 is 1.43 bits per heavy atom. The fraction of sp³-hybridized carbons (Fsp3) is 0.235. The lowest BCUT2D eigenvalue weighted by Gasteiger charge is -2.19. The normalized spacial score (nSPS) is 21.7. The van der Waals surface area contributed by atoms with Crippen LogP contribution in [0.25, 0.3) is 5.57 Å². The second-order valence-corrected chi connectivity index (χ2v) is 8.32. The molecule has 1 aliphatic carbocycles. The minimum atomic E-state index is -3.28. The van der Waals surface area contributed by atoms with Gasteiger partial charge < -0.3 is 4.74 Å². The number of hydrogen-bond acceptors (Lipinski definition) is 4. The molecule has 0 bridgehead atoms. The van der Waals surface area contributed by atoms with Crippen molar-refractivity contribution in [2.75, 3.05) is 11.6 Å². The highest BCUT2D eigenvalue weighted by atomic mass is 79.9. The largest absolute Gasteiger partial charge is 0.438 e. The maximum Gasteiger partial charge on any atom is 0.227 e. The van der Waals surface area contributed by atoms with Crippen LogP contribution in [0.15, 0.2) is 60.0 Å². The van der Waals surface area contributed by atoms with E-state index in [4.69, 9.17) is 4.74 Å². The number of fused-ring (bicyclic) bond motifs is 2. The molecule has 1 aliphatic heterocycles. The lowest BCUT2D eigenvalue weighted by Crippen LogP contribution is -2.24. The Hall–Kier alpha value is -1.66. The Balaban J connectivity index is 2.18. The van der Waals surface area contributed by atoms with Crippen LogP contribution in [0, 0.1) is 0 Å². The van der Waals surface area contributed by atoms with Gasteiger partial charge in [0.25, 0.3) is 0 Å². The number of ether oxygens (including phenoxy) is 1. The van der Waals surface area contributed by atoms with E-state index in [0.29, 0.717) is 17.2 Å². The van der Waals surface area contributed by atoms with Crippen molar-refractivity contribution in [1.29, 1.82) is 0 Å². The molecule has 0 saturated carbocycles. The Bertz CT molecular complexity index is 850. The lowest BCUT2D eigenvalue weighted by molar-refractivity contribution is 0.416. The predicted molar refractivity (Wildman–Crippen MR) is 95.2 cm³/mol. The average molecular weight is 394 g/mol. The van der Waals surface area contributed by atoms with Crippen LogP contribution in [-0.4, -0.2) is 30.2 Å². The maximum absolute atomic E-state index is 12.1. The van der Waals surface area contributed by atoms with Gasteiger partial charge in [0.15, 0.2) is 9.84 Å². The monoisotopic (exact) mass is 393 g/mol. The first-order valence-corrected chi connectivity index (χ1v) is 10.3. The van der Waals surface area contributed by atoms with Gasteiger partial charge in [-0.25, -0.2) is 13.4 Å². The number of rotatable bonds is 3. The fourth-order valence-corrected chi connectivity index (χ4v) is 3.87. The minimum absolute atomic E-state index is 0.494. The van der Waals surface area contributed by atoms with Gasteiger partial charge in [-0.2, -0.15) is 0 Å². The van der Waals surface area contributed by atoms with E-state index < -0.39 is 15.1 Å². The maximum atomic E-state index is 12.1. The highest BCUT2D eigenvalue weighted by Crippen LogP contribution is 2.37. The molecular weight excluding hydrogens is 378 g/mol. The predicted octanol–water partition coefficient (Wildman–Crippen LogP) is 3.44. The van der Waals surface area contributed by atoms with Crippen molar-refractivity contribution in [2.45, 2.75) is 11.7 Å². The number of allylic oxidation sites excluding steroid dienone is 6. The molecule has 1 aromatic heterocycles. The quantitative estimate of drug-likeness (QED) is 0.738. The highest BCUT2D eigenvalue weighted by Gasteiger charge is 2.31. The van der Waals surface area contributed by atoms with Crippen molar-refractivity contribution in [1.82, 2.24) is 4.98 Å². The van der Waals surface area contributed by atoms with Crippen LogP contribution in [0.4, 0.5) is 0 Å². The summed E-state index contributed by atoms with van der Waals surface area (Å²) in [5.41, 5.74) is 2.44. The second-order valence-electron chi connectivity index (χ2n) is 5.36. The Morgan fingerprint density at radius 2 is 2.26 bits per heavy atom. The second kappa shape index (κ2) is 6.45. The van der Waals surface area contributed by atoms with Crippen molar-refractivity contribution < 1.29 is 13.2 Å². The number of sulfone groups is 1. The number of hydrogen-bond donors (Lipinski definition) is 0. The van der Waals surface area contributed by atoms with Crippen molar-refractivity contribution in [2.24, 2.45) is 0 Å². The molecule has 120 valence electrons. The molecule has 2 aliphatic rings. The zero-order valence-electron chi connectivity index (χ0n) is 12.6. The average Bonchev–Trinajstić information content (AvgIpc) is 2.67. The summed E-state index contributed by atoms with van der Waals surface area (Å²) in [6, 6.07) is 3.78. The van der Waals surface area contributed by atoms with Gasteiger partial charge in [-0.1, -0.05) is 34.2 Å². The Kier molecular flexibility index (Phi) is 4.55. The molecule has 1 atom stereocenters. The zero-order chi connectivity index (χ0) is 16.4. The van der Waals surface area contributed by atoms with Gasteiger partial charge in [0.2, 0.25) is 5.88 Å². The summed E-state index contributed by atoms with van der Waals surface area (Å²) in [5.74, 6) is 1.03. The molecule has 4 nitrogen and oxygen atoms in total. The topological polar surface area (TPSA) is 56.3 Å². The lowest BCUT2D eigenvalue weighted by atomic mass is 9.99. The molecule has 0 amide bonds. The van der Waals surface area contributed by atoms with Gasteiger partial charge >= 0.3 is 0 Å². The molecule has 0 N–H and O–H groups in total. The van der Waals surface area contributed by atoms with E-state index in [9.17, 15) is 8.42 Å². The molecule has 0 radical (unpaired) electrons. The van der Waals surface area contributed by atoms with Crippen LogP contribution in [0.2, 0.25) is 0 Å². The first-order valence-electron chi connectivity index (χ1n) is 7.19. The zero-order valence-corrected chi connectivity index (χ0v) is 15.0. The standard InChI is InChI=1S/C17H16BrNO3S/c1-23(20,21)16-8-2-7-15-14(16)11-12(5-3-9-18)13-6-4-10-19-17(13)22-15/h2,4-8,10-11,16H,3,9H2,1H3. The molecule has 3 rings (SSSR count). The van der Waals surface area contributed by atoms with Gasteiger partial charge in [0.1, 0.15) is 11.0 Å². The number of halogens is 1. The summed E-state index contributed by atoms with van der Waals surface area (Å²) < 4.78 is 30.2. The SMILES string of the molecule is CS(=O)(=O)C1C=CC=C2Oc3ncccc3C(=CCCBr)C=C21.